The Bertz CT molecular complexity index is 334. The van der Waals surface area contributed by atoms with E-state index >= 15 is 0 Å². The molecule has 0 aromatic carbocycles. The van der Waals surface area contributed by atoms with Crippen LogP contribution in [0, 0.1) is 11.8 Å². The van der Waals surface area contributed by atoms with Gasteiger partial charge in [-0.05, 0) is 31.1 Å². The third kappa shape index (κ3) is 2.64. The lowest BCUT2D eigenvalue weighted by Gasteiger charge is -2.17. The molecule has 0 saturated heterocycles. The number of aryl methyl sites for hydroxylation is 2. The molecule has 0 bridgehead atoms. The summed E-state index contributed by atoms with van der Waals surface area (Å²) in [6.45, 7) is 2.28. The minimum Gasteiger partial charge on any atom is -0.393 e. The first-order valence-electron chi connectivity index (χ1n) is 6.31. The van der Waals surface area contributed by atoms with Gasteiger partial charge in [0, 0.05) is 25.9 Å². The molecule has 1 N–H and O–H groups in total. The molecule has 0 aliphatic heterocycles. The molecule has 1 aliphatic rings. The largest absolute Gasteiger partial charge is 0.393 e. The fourth-order valence-corrected chi connectivity index (χ4v) is 2.75. The van der Waals surface area contributed by atoms with Crippen molar-refractivity contribution in [2.24, 2.45) is 18.9 Å². The smallest absolute Gasteiger partial charge is 0.108 e. The molecular weight excluding hydrogens is 200 g/mol. The molecule has 3 heteroatoms. The zero-order valence-electron chi connectivity index (χ0n) is 10.3. The molecule has 0 radical (unpaired) electrons. The van der Waals surface area contributed by atoms with E-state index in [-0.39, 0.29) is 6.10 Å². The topological polar surface area (TPSA) is 38.1 Å². The highest BCUT2D eigenvalue weighted by molar-refractivity contribution is 4.92. The molecule has 1 aromatic heterocycles. The fourth-order valence-electron chi connectivity index (χ4n) is 2.75. The fraction of sp³-hybridized carbons (Fsp3) is 0.769. The van der Waals surface area contributed by atoms with Crippen LogP contribution in [-0.4, -0.2) is 20.8 Å². The van der Waals surface area contributed by atoms with E-state index in [1.54, 1.807) is 0 Å². The van der Waals surface area contributed by atoms with Crippen LogP contribution in [0.4, 0.5) is 0 Å². The molecule has 2 rings (SSSR count). The van der Waals surface area contributed by atoms with Crippen LogP contribution < -0.4 is 0 Å². The number of hydrogen-bond acceptors (Lipinski definition) is 2. The number of aromatic nitrogens is 2. The Morgan fingerprint density at radius 1 is 1.56 bits per heavy atom. The quantitative estimate of drug-likeness (QED) is 0.847. The molecule has 3 unspecified atom stereocenters. The molecule has 1 aliphatic carbocycles. The van der Waals surface area contributed by atoms with Crippen molar-refractivity contribution in [3.05, 3.63) is 18.2 Å². The van der Waals surface area contributed by atoms with Crippen molar-refractivity contribution in [3.8, 4) is 0 Å². The minimum atomic E-state index is -0.137. The zero-order valence-corrected chi connectivity index (χ0v) is 10.3. The van der Waals surface area contributed by atoms with Crippen LogP contribution in [0.15, 0.2) is 12.4 Å². The summed E-state index contributed by atoms with van der Waals surface area (Å²) < 4.78 is 2.03. The Labute approximate surface area is 97.5 Å². The van der Waals surface area contributed by atoms with Crippen LogP contribution in [-0.2, 0) is 13.5 Å². The van der Waals surface area contributed by atoms with Gasteiger partial charge in [-0.15, -0.1) is 0 Å². The summed E-state index contributed by atoms with van der Waals surface area (Å²) in [4.78, 5) is 4.28. The van der Waals surface area contributed by atoms with Gasteiger partial charge in [0.15, 0.2) is 0 Å². The molecule has 0 spiro atoms. The predicted octanol–water partition coefficient (Wildman–Crippen LogP) is 2.15. The molecular formula is C13H22N2O. The normalized spacial score (nSPS) is 27.2. The van der Waals surface area contributed by atoms with Gasteiger partial charge in [-0.25, -0.2) is 4.98 Å². The highest BCUT2D eigenvalue weighted by atomic mass is 16.3. The minimum absolute atomic E-state index is 0.137. The van der Waals surface area contributed by atoms with E-state index in [9.17, 15) is 5.11 Å². The van der Waals surface area contributed by atoms with Crippen LogP contribution in [0.2, 0.25) is 0 Å². The number of aliphatic hydroxyl groups excluding tert-OH is 1. The third-order valence-corrected chi connectivity index (χ3v) is 3.86. The third-order valence-electron chi connectivity index (χ3n) is 3.86. The van der Waals surface area contributed by atoms with Gasteiger partial charge in [0.1, 0.15) is 5.82 Å². The summed E-state index contributed by atoms with van der Waals surface area (Å²) >= 11 is 0. The maximum atomic E-state index is 10.1. The van der Waals surface area contributed by atoms with Crippen LogP contribution in [0.3, 0.4) is 0 Å². The van der Waals surface area contributed by atoms with E-state index in [0.717, 1.165) is 24.6 Å². The second-order valence-corrected chi connectivity index (χ2v) is 5.24. The van der Waals surface area contributed by atoms with E-state index in [2.05, 4.69) is 11.9 Å². The Hall–Kier alpha value is -0.830. The first kappa shape index (κ1) is 11.6. The van der Waals surface area contributed by atoms with Crippen LogP contribution in [0.1, 0.15) is 38.4 Å². The molecule has 1 heterocycles. The van der Waals surface area contributed by atoms with Gasteiger partial charge in [0.25, 0.3) is 0 Å². The van der Waals surface area contributed by atoms with Crippen LogP contribution in [0.25, 0.3) is 0 Å². The Morgan fingerprint density at radius 3 is 2.94 bits per heavy atom. The van der Waals surface area contributed by atoms with Crippen molar-refractivity contribution in [1.29, 1.82) is 0 Å². The van der Waals surface area contributed by atoms with Crippen molar-refractivity contribution in [2.75, 3.05) is 0 Å². The van der Waals surface area contributed by atoms with Crippen LogP contribution >= 0.6 is 0 Å². The maximum Gasteiger partial charge on any atom is 0.108 e. The number of imidazole rings is 1. The first-order valence-corrected chi connectivity index (χ1v) is 6.31. The van der Waals surface area contributed by atoms with Crippen molar-refractivity contribution >= 4 is 0 Å². The zero-order chi connectivity index (χ0) is 11.5. The molecule has 1 saturated carbocycles. The van der Waals surface area contributed by atoms with E-state index < -0.39 is 0 Å². The summed E-state index contributed by atoms with van der Waals surface area (Å²) in [5.74, 6) is 2.40. The lowest BCUT2D eigenvalue weighted by molar-refractivity contribution is 0.0996. The first-order chi connectivity index (χ1) is 7.66. The highest BCUT2D eigenvalue weighted by Crippen LogP contribution is 2.33. The predicted molar refractivity (Wildman–Crippen MR) is 64.0 cm³/mol. The monoisotopic (exact) mass is 222 g/mol. The number of rotatable bonds is 4. The Morgan fingerprint density at radius 2 is 2.38 bits per heavy atom. The molecule has 0 amide bonds. The van der Waals surface area contributed by atoms with Gasteiger partial charge in [0.05, 0.1) is 6.10 Å². The van der Waals surface area contributed by atoms with Crippen molar-refractivity contribution in [1.82, 2.24) is 9.55 Å². The molecule has 3 nitrogen and oxygen atoms in total. The lowest BCUT2D eigenvalue weighted by Crippen LogP contribution is -2.19. The SMILES string of the molecule is CC1CCC(C(O)CCc2nccn2C)C1. The molecule has 3 atom stereocenters. The van der Waals surface area contributed by atoms with Crippen molar-refractivity contribution < 1.29 is 5.11 Å². The Balaban J connectivity index is 1.80. The summed E-state index contributed by atoms with van der Waals surface area (Å²) in [6.07, 6.45) is 9.05. The van der Waals surface area contributed by atoms with Crippen LogP contribution in [0.5, 0.6) is 0 Å². The number of aliphatic hydroxyl groups is 1. The summed E-state index contributed by atoms with van der Waals surface area (Å²) in [5, 5.41) is 10.1. The number of hydrogen-bond donors (Lipinski definition) is 1. The second-order valence-electron chi connectivity index (χ2n) is 5.24. The van der Waals surface area contributed by atoms with Gasteiger partial charge in [0.2, 0.25) is 0 Å². The molecule has 90 valence electrons. The van der Waals surface area contributed by atoms with E-state index in [0.29, 0.717) is 5.92 Å². The molecule has 1 fully saturated rings. The Kier molecular flexibility index (Phi) is 3.64. The number of nitrogens with zero attached hydrogens (tertiary/aromatic N) is 2. The summed E-state index contributed by atoms with van der Waals surface area (Å²) in [5.41, 5.74) is 0. The maximum absolute atomic E-state index is 10.1. The van der Waals surface area contributed by atoms with Gasteiger partial charge in [-0.3, -0.25) is 0 Å². The van der Waals surface area contributed by atoms with Gasteiger partial charge in [-0.2, -0.15) is 0 Å². The summed E-state index contributed by atoms with van der Waals surface area (Å²) in [7, 11) is 2.01. The average molecular weight is 222 g/mol. The van der Waals surface area contributed by atoms with Crippen molar-refractivity contribution in [2.45, 2.75) is 45.1 Å². The highest BCUT2D eigenvalue weighted by Gasteiger charge is 2.27. The van der Waals surface area contributed by atoms with Gasteiger partial charge < -0.3 is 9.67 Å². The standard InChI is InChI=1S/C13H22N2O/c1-10-3-4-11(9-10)12(16)5-6-13-14-7-8-15(13)2/h7-8,10-12,16H,3-6,9H2,1-2H3. The van der Waals surface area contributed by atoms with Crippen molar-refractivity contribution in [3.63, 3.8) is 0 Å². The van der Waals surface area contributed by atoms with Gasteiger partial charge in [-0.1, -0.05) is 13.3 Å². The summed E-state index contributed by atoms with van der Waals surface area (Å²) in [6, 6.07) is 0. The van der Waals surface area contributed by atoms with E-state index in [4.69, 9.17) is 0 Å². The lowest BCUT2D eigenvalue weighted by atomic mass is 9.96. The molecule has 16 heavy (non-hydrogen) atoms. The van der Waals surface area contributed by atoms with E-state index in [1.807, 2.05) is 24.0 Å². The van der Waals surface area contributed by atoms with Gasteiger partial charge >= 0.3 is 0 Å². The van der Waals surface area contributed by atoms with E-state index in [1.165, 1.54) is 19.3 Å². The average Bonchev–Trinajstić information content (AvgIpc) is 2.84. The molecule has 1 aromatic rings. The second kappa shape index (κ2) is 5.00.